The molecular weight excluding hydrogens is 322 g/mol. The second kappa shape index (κ2) is 8.10. The zero-order valence-corrected chi connectivity index (χ0v) is 14.3. The predicted molar refractivity (Wildman–Crippen MR) is 92.6 cm³/mol. The second-order valence-corrected chi connectivity index (χ2v) is 5.44. The number of anilines is 1. The largest absolute Gasteiger partial charge is 0.465 e. The van der Waals surface area contributed by atoms with Gasteiger partial charge in [0.15, 0.2) is 6.61 Å². The van der Waals surface area contributed by atoms with Gasteiger partial charge in [-0.05, 0) is 55.3 Å². The zero-order valence-electron chi connectivity index (χ0n) is 14.3. The van der Waals surface area contributed by atoms with Gasteiger partial charge in [-0.15, -0.1) is 0 Å². The third-order valence-corrected chi connectivity index (χ3v) is 3.75. The van der Waals surface area contributed by atoms with Crippen molar-refractivity contribution in [2.45, 2.75) is 13.8 Å². The fourth-order valence-electron chi connectivity index (χ4n) is 2.19. The van der Waals surface area contributed by atoms with E-state index in [0.717, 1.165) is 11.1 Å². The highest BCUT2D eigenvalue weighted by atomic mass is 16.5. The van der Waals surface area contributed by atoms with Crippen LogP contribution in [0.4, 0.5) is 5.69 Å². The van der Waals surface area contributed by atoms with E-state index in [1.54, 1.807) is 24.3 Å². The molecule has 25 heavy (non-hydrogen) atoms. The first-order chi connectivity index (χ1) is 11.9. The van der Waals surface area contributed by atoms with Crippen LogP contribution < -0.4 is 5.32 Å². The van der Waals surface area contributed by atoms with E-state index in [4.69, 9.17) is 4.74 Å². The average Bonchev–Trinajstić information content (AvgIpc) is 2.62. The smallest absolute Gasteiger partial charge is 0.338 e. The summed E-state index contributed by atoms with van der Waals surface area (Å²) < 4.78 is 9.65. The van der Waals surface area contributed by atoms with Crippen LogP contribution in [0.15, 0.2) is 42.5 Å². The Balaban J connectivity index is 1.91. The molecule has 0 saturated heterocycles. The lowest BCUT2D eigenvalue weighted by atomic mass is 10.0. The third kappa shape index (κ3) is 4.67. The van der Waals surface area contributed by atoms with E-state index in [9.17, 15) is 14.4 Å². The summed E-state index contributed by atoms with van der Waals surface area (Å²) in [4.78, 5) is 35.3. The maximum atomic E-state index is 12.1. The molecule has 0 aliphatic heterocycles. The van der Waals surface area contributed by atoms with E-state index in [-0.39, 0.29) is 0 Å². The molecule has 0 aliphatic carbocycles. The Kier molecular flexibility index (Phi) is 5.89. The minimum Gasteiger partial charge on any atom is -0.465 e. The average molecular weight is 341 g/mol. The fraction of sp³-hybridized carbons (Fsp3) is 0.211. The van der Waals surface area contributed by atoms with Crippen LogP contribution in [-0.2, 0) is 14.3 Å². The molecular formula is C19H19NO5. The van der Waals surface area contributed by atoms with Crippen LogP contribution in [0.1, 0.15) is 31.8 Å². The number of ether oxygens (including phenoxy) is 2. The summed E-state index contributed by atoms with van der Waals surface area (Å²) in [6, 6.07) is 11.5. The highest BCUT2D eigenvalue weighted by molar-refractivity contribution is 5.96. The van der Waals surface area contributed by atoms with Crippen LogP contribution in [-0.4, -0.2) is 31.6 Å². The first-order valence-corrected chi connectivity index (χ1v) is 7.64. The molecule has 0 bridgehead atoms. The molecule has 0 saturated carbocycles. The first kappa shape index (κ1) is 18.2. The van der Waals surface area contributed by atoms with E-state index in [1.807, 2.05) is 19.9 Å². The Hall–Kier alpha value is -3.15. The summed E-state index contributed by atoms with van der Waals surface area (Å²) in [6.07, 6.45) is 0. The quantitative estimate of drug-likeness (QED) is 0.846. The summed E-state index contributed by atoms with van der Waals surface area (Å²) in [7, 11) is 1.29. The summed E-state index contributed by atoms with van der Waals surface area (Å²) in [5.41, 5.74) is 3.11. The highest BCUT2D eigenvalue weighted by Crippen LogP contribution is 2.14. The molecule has 1 amide bonds. The minimum atomic E-state index is -0.544. The minimum absolute atomic E-state index is 0.377. The highest BCUT2D eigenvalue weighted by Gasteiger charge is 2.14. The topological polar surface area (TPSA) is 81.7 Å². The number of rotatable bonds is 5. The standard InChI is InChI=1S/C19H19NO5/c1-12-5-4-6-16(13(12)2)19(23)25-11-17(21)20-15-9-7-14(8-10-15)18(22)24-3/h4-10H,11H2,1-3H3,(H,20,21). The summed E-state index contributed by atoms with van der Waals surface area (Å²) >= 11 is 0. The van der Waals surface area contributed by atoms with Crippen molar-refractivity contribution in [3.8, 4) is 0 Å². The van der Waals surface area contributed by atoms with E-state index in [2.05, 4.69) is 10.1 Å². The molecule has 0 atom stereocenters. The number of hydrogen-bond acceptors (Lipinski definition) is 5. The number of benzene rings is 2. The maximum Gasteiger partial charge on any atom is 0.338 e. The van der Waals surface area contributed by atoms with Crippen molar-refractivity contribution in [3.05, 3.63) is 64.7 Å². The molecule has 0 spiro atoms. The van der Waals surface area contributed by atoms with Crippen molar-refractivity contribution in [1.29, 1.82) is 0 Å². The van der Waals surface area contributed by atoms with Crippen LogP contribution >= 0.6 is 0 Å². The normalized spacial score (nSPS) is 10.0. The van der Waals surface area contributed by atoms with Gasteiger partial charge in [0.1, 0.15) is 0 Å². The van der Waals surface area contributed by atoms with Gasteiger partial charge >= 0.3 is 11.9 Å². The molecule has 2 aromatic carbocycles. The third-order valence-electron chi connectivity index (χ3n) is 3.75. The van der Waals surface area contributed by atoms with E-state index in [0.29, 0.717) is 16.8 Å². The van der Waals surface area contributed by atoms with E-state index in [1.165, 1.54) is 19.2 Å². The number of esters is 2. The Morgan fingerprint density at radius 3 is 2.28 bits per heavy atom. The fourth-order valence-corrected chi connectivity index (χ4v) is 2.19. The Labute approximate surface area is 145 Å². The Morgan fingerprint density at radius 1 is 0.960 bits per heavy atom. The maximum absolute atomic E-state index is 12.1. The van der Waals surface area contributed by atoms with Gasteiger partial charge in [-0.25, -0.2) is 9.59 Å². The van der Waals surface area contributed by atoms with Gasteiger partial charge in [0, 0.05) is 5.69 Å². The number of carbonyl (C=O) groups is 3. The number of carbonyl (C=O) groups excluding carboxylic acids is 3. The number of nitrogens with one attached hydrogen (secondary N) is 1. The van der Waals surface area contributed by atoms with Crippen LogP contribution in [0.25, 0.3) is 0 Å². The van der Waals surface area contributed by atoms with Gasteiger partial charge in [-0.1, -0.05) is 12.1 Å². The van der Waals surface area contributed by atoms with Crippen molar-refractivity contribution in [2.24, 2.45) is 0 Å². The second-order valence-electron chi connectivity index (χ2n) is 5.44. The van der Waals surface area contributed by atoms with Crippen LogP contribution in [0, 0.1) is 13.8 Å². The van der Waals surface area contributed by atoms with E-state index < -0.39 is 24.5 Å². The lowest BCUT2D eigenvalue weighted by Crippen LogP contribution is -2.21. The van der Waals surface area contributed by atoms with Gasteiger partial charge < -0.3 is 14.8 Å². The number of methoxy groups -OCH3 is 1. The number of aryl methyl sites for hydroxylation is 1. The molecule has 0 aromatic heterocycles. The van der Waals surface area contributed by atoms with Crippen molar-refractivity contribution in [3.63, 3.8) is 0 Å². The molecule has 2 aromatic rings. The molecule has 0 aliphatic rings. The van der Waals surface area contributed by atoms with Crippen molar-refractivity contribution >= 4 is 23.5 Å². The van der Waals surface area contributed by atoms with Gasteiger partial charge in [-0.3, -0.25) is 4.79 Å². The van der Waals surface area contributed by atoms with Gasteiger partial charge in [0.2, 0.25) is 0 Å². The van der Waals surface area contributed by atoms with Gasteiger partial charge in [0.25, 0.3) is 5.91 Å². The number of amides is 1. The van der Waals surface area contributed by atoms with Gasteiger partial charge in [0.05, 0.1) is 18.2 Å². The molecule has 0 radical (unpaired) electrons. The Morgan fingerprint density at radius 2 is 1.64 bits per heavy atom. The van der Waals surface area contributed by atoms with Crippen molar-refractivity contribution in [1.82, 2.24) is 0 Å². The molecule has 0 unspecified atom stereocenters. The zero-order chi connectivity index (χ0) is 18.4. The monoisotopic (exact) mass is 341 g/mol. The molecule has 2 rings (SSSR count). The molecule has 0 fully saturated rings. The summed E-state index contributed by atoms with van der Waals surface area (Å²) in [5.74, 6) is -1.47. The first-order valence-electron chi connectivity index (χ1n) is 7.64. The SMILES string of the molecule is COC(=O)c1ccc(NC(=O)COC(=O)c2cccc(C)c2C)cc1. The van der Waals surface area contributed by atoms with Crippen molar-refractivity contribution < 1.29 is 23.9 Å². The van der Waals surface area contributed by atoms with E-state index >= 15 is 0 Å². The summed E-state index contributed by atoms with van der Waals surface area (Å²) in [6.45, 7) is 3.33. The predicted octanol–water partition coefficient (Wildman–Crippen LogP) is 2.89. The molecule has 0 heterocycles. The summed E-state index contributed by atoms with van der Waals surface area (Å²) in [5, 5.41) is 2.59. The van der Waals surface area contributed by atoms with Crippen LogP contribution in [0.2, 0.25) is 0 Å². The lowest BCUT2D eigenvalue weighted by Gasteiger charge is -2.09. The molecule has 130 valence electrons. The molecule has 6 nitrogen and oxygen atoms in total. The molecule has 1 N–H and O–H groups in total. The molecule has 6 heteroatoms. The number of hydrogen-bond donors (Lipinski definition) is 1. The Bertz CT molecular complexity index is 796. The van der Waals surface area contributed by atoms with Crippen LogP contribution in [0.3, 0.4) is 0 Å². The van der Waals surface area contributed by atoms with Crippen molar-refractivity contribution in [2.75, 3.05) is 19.0 Å². The van der Waals surface area contributed by atoms with Crippen LogP contribution in [0.5, 0.6) is 0 Å². The van der Waals surface area contributed by atoms with Gasteiger partial charge in [-0.2, -0.15) is 0 Å². The lowest BCUT2D eigenvalue weighted by molar-refractivity contribution is -0.119.